The summed E-state index contributed by atoms with van der Waals surface area (Å²) in [4.78, 5) is 0.196. The largest absolute Gasteiger partial charge is 0.287 e. The predicted octanol–water partition coefficient (Wildman–Crippen LogP) is 4.68. The fraction of sp³-hybridized carbons (Fsp3) is 0.300. The lowest BCUT2D eigenvalue weighted by molar-refractivity contribution is 0.591. The van der Waals surface area contributed by atoms with Gasteiger partial charge in [0.25, 0.3) is 10.0 Å². The van der Waals surface area contributed by atoms with Gasteiger partial charge in [-0.2, -0.15) is 8.42 Å². The van der Waals surface area contributed by atoms with Crippen molar-refractivity contribution in [2.24, 2.45) is 3.77 Å². The van der Waals surface area contributed by atoms with Crippen LogP contribution in [0.1, 0.15) is 25.8 Å². The molecular weight excluding hydrogens is 450 g/mol. The first-order chi connectivity index (χ1) is 13.5. The number of allylic oxidation sites excluding steroid dienone is 1. The molecule has 0 saturated heterocycles. The van der Waals surface area contributed by atoms with Crippen molar-refractivity contribution in [2.75, 3.05) is 5.75 Å². The first kappa shape index (κ1) is 22.2. The van der Waals surface area contributed by atoms with E-state index in [9.17, 15) is 16.8 Å². The maximum absolute atomic E-state index is 13.3. The number of aryl methyl sites for hydroxylation is 1. The summed E-state index contributed by atoms with van der Waals surface area (Å²) in [6, 6.07) is 12.3. The summed E-state index contributed by atoms with van der Waals surface area (Å²) in [6.07, 6.45) is 0.257. The molecule has 156 valence electrons. The highest BCUT2D eigenvalue weighted by Crippen LogP contribution is 2.32. The van der Waals surface area contributed by atoms with Crippen molar-refractivity contribution in [3.05, 3.63) is 70.3 Å². The highest BCUT2D eigenvalue weighted by atomic mass is 35.5. The zero-order valence-electron chi connectivity index (χ0n) is 16.3. The molecule has 5 nitrogen and oxygen atoms in total. The van der Waals surface area contributed by atoms with Gasteiger partial charge in [0.05, 0.1) is 9.79 Å². The first-order valence-electron chi connectivity index (χ1n) is 8.90. The molecule has 2 atom stereocenters. The minimum atomic E-state index is -3.97. The van der Waals surface area contributed by atoms with Crippen LogP contribution in [0.3, 0.4) is 0 Å². The summed E-state index contributed by atoms with van der Waals surface area (Å²) in [7, 11) is -8.98. The molecule has 0 aromatic heterocycles. The van der Waals surface area contributed by atoms with Crippen LogP contribution in [0.15, 0.2) is 73.2 Å². The van der Waals surface area contributed by atoms with E-state index in [1.807, 2.05) is 20.8 Å². The molecule has 0 aliphatic carbocycles. The van der Waals surface area contributed by atoms with E-state index in [1.165, 1.54) is 36.4 Å². The van der Waals surface area contributed by atoms with E-state index < -0.39 is 35.1 Å². The minimum absolute atomic E-state index is 0.0715. The molecule has 2 aromatic carbocycles. The molecule has 0 saturated carbocycles. The van der Waals surface area contributed by atoms with Crippen LogP contribution >= 0.6 is 11.6 Å². The molecule has 1 aliphatic rings. The molecule has 0 N–H and O–H groups in total. The Morgan fingerprint density at radius 2 is 1.41 bits per heavy atom. The molecule has 0 radical (unpaired) electrons. The van der Waals surface area contributed by atoms with Gasteiger partial charge < -0.3 is 0 Å². The van der Waals surface area contributed by atoms with E-state index in [0.717, 1.165) is 16.7 Å². The van der Waals surface area contributed by atoms with Gasteiger partial charge in [-0.25, -0.2) is 8.42 Å². The zero-order chi connectivity index (χ0) is 21.4. The molecule has 1 heterocycles. The van der Waals surface area contributed by atoms with Crippen molar-refractivity contribution in [1.82, 2.24) is 0 Å². The second-order valence-corrected chi connectivity index (χ2v) is 13.6. The summed E-state index contributed by atoms with van der Waals surface area (Å²) in [5.41, 5.74) is 2.87. The Labute approximate surface area is 179 Å². The summed E-state index contributed by atoms with van der Waals surface area (Å²) in [5.74, 6) is 0.314. The number of rotatable bonds is 4. The summed E-state index contributed by atoms with van der Waals surface area (Å²) in [6.45, 7) is 5.64. The topological polar surface area (TPSA) is 80.6 Å². The molecule has 0 bridgehead atoms. The third kappa shape index (κ3) is 4.82. The van der Waals surface area contributed by atoms with Crippen molar-refractivity contribution in [3.63, 3.8) is 0 Å². The van der Waals surface area contributed by atoms with E-state index in [2.05, 4.69) is 3.77 Å². The number of halogens is 1. The van der Waals surface area contributed by atoms with E-state index in [0.29, 0.717) is 10.8 Å². The fourth-order valence-electron chi connectivity index (χ4n) is 2.94. The summed E-state index contributed by atoms with van der Waals surface area (Å²) < 4.78 is 55.5. The number of nitrogens with zero attached hydrogens (tertiary/aromatic N) is 1. The van der Waals surface area contributed by atoms with Gasteiger partial charge >= 0.3 is 0 Å². The summed E-state index contributed by atoms with van der Waals surface area (Å²) in [5, 5.41) is 0.435. The lowest BCUT2D eigenvalue weighted by atomic mass is 10.1. The number of benzene rings is 2. The van der Waals surface area contributed by atoms with Crippen molar-refractivity contribution in [3.8, 4) is 0 Å². The normalized spacial score (nSPS) is 20.8. The molecule has 29 heavy (non-hydrogen) atoms. The van der Waals surface area contributed by atoms with Crippen LogP contribution < -0.4 is 0 Å². The number of sulfonamides is 1. The second-order valence-electron chi connectivity index (χ2n) is 7.10. The lowest BCUT2D eigenvalue weighted by Gasteiger charge is -2.27. The van der Waals surface area contributed by atoms with Crippen LogP contribution in [-0.4, -0.2) is 27.2 Å². The van der Waals surface area contributed by atoms with Gasteiger partial charge in [-0.1, -0.05) is 51.1 Å². The standard InChI is InChI=1S/C20H22ClNO4S3/c1-14-4-8-19(9-5-14)29(25,26)22-27-13-16(3)15(2)12-20(27)28(23,24)18-10-6-17(21)7-11-18/h4-11,20H,12-13H2,1-3H3. The predicted molar refractivity (Wildman–Crippen MR) is 118 cm³/mol. The maximum Gasteiger partial charge on any atom is 0.287 e. The van der Waals surface area contributed by atoms with Crippen LogP contribution in [0.25, 0.3) is 0 Å². The zero-order valence-corrected chi connectivity index (χ0v) is 19.5. The van der Waals surface area contributed by atoms with Gasteiger partial charge in [-0.3, -0.25) is 0 Å². The van der Waals surface area contributed by atoms with Crippen molar-refractivity contribution >= 4 is 42.2 Å². The van der Waals surface area contributed by atoms with E-state index in [4.69, 9.17) is 11.6 Å². The van der Waals surface area contributed by atoms with Crippen LogP contribution in [-0.2, 0) is 30.6 Å². The number of hydrogen-bond donors (Lipinski definition) is 0. The molecule has 0 fully saturated rings. The lowest BCUT2D eigenvalue weighted by Crippen LogP contribution is -2.32. The monoisotopic (exact) mass is 471 g/mol. The number of sulfone groups is 1. The molecule has 2 unspecified atom stereocenters. The molecule has 3 rings (SSSR count). The Morgan fingerprint density at radius 3 is 2.00 bits per heavy atom. The van der Waals surface area contributed by atoms with Gasteiger partial charge in [-0.15, -0.1) is 3.77 Å². The minimum Gasteiger partial charge on any atom is -0.222 e. The first-order valence-corrected chi connectivity index (χ1v) is 13.7. The molecule has 2 aromatic rings. The van der Waals surface area contributed by atoms with Crippen LogP contribution in [0.4, 0.5) is 0 Å². The Balaban J connectivity index is 2.10. The molecular formula is C20H22ClNO4S3. The van der Waals surface area contributed by atoms with E-state index >= 15 is 0 Å². The van der Waals surface area contributed by atoms with E-state index in [-0.39, 0.29) is 16.2 Å². The quantitative estimate of drug-likeness (QED) is 0.606. The Bertz CT molecular complexity index is 1200. The Hall–Kier alpha value is -1.48. The summed E-state index contributed by atoms with van der Waals surface area (Å²) >= 11 is 5.89. The molecule has 1 aliphatic heterocycles. The van der Waals surface area contributed by atoms with Gasteiger partial charge in [0.15, 0.2) is 9.84 Å². The number of hydrogen-bond acceptors (Lipinski definition) is 4. The van der Waals surface area contributed by atoms with Crippen LogP contribution in [0, 0.1) is 6.92 Å². The van der Waals surface area contributed by atoms with Gasteiger partial charge in [0, 0.05) is 10.8 Å². The Kier molecular flexibility index (Phi) is 6.38. The maximum atomic E-state index is 13.3. The molecule has 0 spiro atoms. The smallest absolute Gasteiger partial charge is 0.222 e. The highest BCUT2D eigenvalue weighted by Gasteiger charge is 2.36. The van der Waals surface area contributed by atoms with Crippen LogP contribution in [0.2, 0.25) is 5.02 Å². The fourth-order valence-corrected chi connectivity index (χ4v) is 10.1. The van der Waals surface area contributed by atoms with Crippen molar-refractivity contribution < 1.29 is 16.8 Å². The molecule has 0 amide bonds. The van der Waals surface area contributed by atoms with E-state index in [1.54, 1.807) is 12.1 Å². The van der Waals surface area contributed by atoms with Gasteiger partial charge in [-0.05, 0) is 63.6 Å². The average molecular weight is 472 g/mol. The third-order valence-corrected chi connectivity index (χ3v) is 12.3. The average Bonchev–Trinajstić information content (AvgIpc) is 2.65. The van der Waals surface area contributed by atoms with Gasteiger partial charge in [0.1, 0.15) is 4.58 Å². The SMILES string of the molecule is CC1=C(C)CS(=NS(=O)(=O)c2ccc(C)cc2)C(S(=O)(=O)c2ccc(Cl)cc2)C1. The highest BCUT2D eigenvalue weighted by molar-refractivity contribution is 8.10. The van der Waals surface area contributed by atoms with Crippen molar-refractivity contribution in [1.29, 1.82) is 0 Å². The van der Waals surface area contributed by atoms with Crippen molar-refractivity contribution in [2.45, 2.75) is 41.6 Å². The Morgan fingerprint density at radius 1 is 0.862 bits per heavy atom. The van der Waals surface area contributed by atoms with Crippen LogP contribution in [0.5, 0.6) is 0 Å². The van der Waals surface area contributed by atoms with Gasteiger partial charge in [0.2, 0.25) is 0 Å². The second kappa shape index (κ2) is 8.34. The molecule has 9 heteroatoms. The third-order valence-electron chi connectivity index (χ3n) is 4.87.